The van der Waals surface area contributed by atoms with Crippen LogP contribution in [0.25, 0.3) is 11.3 Å². The fourth-order valence-electron chi connectivity index (χ4n) is 5.26. The van der Waals surface area contributed by atoms with Crippen LogP contribution in [0.5, 0.6) is 0 Å². The molecule has 1 N–H and O–H groups in total. The Kier molecular flexibility index (Phi) is 5.80. The molecule has 1 unspecified atom stereocenters. The van der Waals surface area contributed by atoms with Gasteiger partial charge >= 0.3 is 0 Å². The van der Waals surface area contributed by atoms with Gasteiger partial charge in [0.05, 0.1) is 10.7 Å². The molecular weight excluding hydrogens is 419 g/mol. The van der Waals surface area contributed by atoms with E-state index in [4.69, 9.17) is 16.3 Å². The number of ether oxygens (including phenoxy) is 1. The van der Waals surface area contributed by atoms with Gasteiger partial charge in [-0.3, -0.25) is 4.79 Å². The number of anilines is 1. The lowest BCUT2D eigenvalue weighted by Gasteiger charge is -2.27. The summed E-state index contributed by atoms with van der Waals surface area (Å²) in [4.78, 5) is 14.9. The minimum Gasteiger partial charge on any atom is -0.381 e. The number of rotatable bonds is 4. The van der Waals surface area contributed by atoms with E-state index in [2.05, 4.69) is 20.4 Å². The van der Waals surface area contributed by atoms with Crippen molar-refractivity contribution in [3.63, 3.8) is 0 Å². The molecular formula is C23H26ClFN4O2. The number of likely N-dealkylation sites (tertiary alicyclic amines) is 1. The second-order valence-corrected chi connectivity index (χ2v) is 9.30. The average Bonchev–Trinajstić information content (AvgIpc) is 3.35. The molecule has 0 spiro atoms. The van der Waals surface area contributed by atoms with Crippen molar-refractivity contribution in [3.8, 4) is 11.3 Å². The number of hydrogen-bond acceptors (Lipinski definition) is 5. The van der Waals surface area contributed by atoms with Gasteiger partial charge in [0.1, 0.15) is 11.6 Å². The number of carbonyl (C=O) groups is 1. The van der Waals surface area contributed by atoms with Crippen LogP contribution in [0.2, 0.25) is 5.02 Å². The third-order valence-electron chi connectivity index (χ3n) is 6.85. The largest absolute Gasteiger partial charge is 0.381 e. The number of aromatic nitrogens is 2. The Hall–Kier alpha value is -2.25. The van der Waals surface area contributed by atoms with E-state index in [0.29, 0.717) is 59.1 Å². The van der Waals surface area contributed by atoms with Gasteiger partial charge in [-0.25, -0.2) is 4.39 Å². The fraction of sp³-hybridized carbons (Fsp3) is 0.522. The minimum absolute atomic E-state index is 0.141. The molecule has 8 heteroatoms. The monoisotopic (exact) mass is 444 g/mol. The fourth-order valence-corrected chi connectivity index (χ4v) is 5.47. The summed E-state index contributed by atoms with van der Waals surface area (Å²) in [5.41, 5.74) is 1.08. The Bertz CT molecular complexity index is 937. The lowest BCUT2D eigenvalue weighted by atomic mass is 9.98. The summed E-state index contributed by atoms with van der Waals surface area (Å²) < 4.78 is 18.9. The summed E-state index contributed by atoms with van der Waals surface area (Å²) >= 11 is 6.16. The van der Waals surface area contributed by atoms with Gasteiger partial charge in [0, 0.05) is 43.8 Å². The maximum Gasteiger partial charge on any atom is 0.225 e. The predicted octanol–water partition coefficient (Wildman–Crippen LogP) is 4.01. The molecule has 0 bridgehead atoms. The zero-order valence-corrected chi connectivity index (χ0v) is 18.0. The molecule has 3 fully saturated rings. The Labute approximate surface area is 186 Å². The zero-order valence-electron chi connectivity index (χ0n) is 17.3. The van der Waals surface area contributed by atoms with Crippen molar-refractivity contribution in [1.82, 2.24) is 15.1 Å². The number of hydrogen-bond donors (Lipinski definition) is 1. The Morgan fingerprint density at radius 1 is 1.10 bits per heavy atom. The molecule has 2 aliphatic heterocycles. The van der Waals surface area contributed by atoms with Crippen LogP contribution in [0, 0.1) is 23.6 Å². The molecule has 3 aliphatic rings. The normalized spacial score (nSPS) is 26.1. The van der Waals surface area contributed by atoms with E-state index in [1.165, 1.54) is 18.2 Å². The summed E-state index contributed by atoms with van der Waals surface area (Å²) in [5, 5.41) is 12.4. The number of fused-ring (bicyclic) bond motifs is 1. The lowest BCUT2D eigenvalue weighted by Crippen LogP contribution is -2.38. The van der Waals surface area contributed by atoms with Crippen LogP contribution >= 0.6 is 11.6 Å². The molecule has 31 heavy (non-hydrogen) atoms. The standard InChI is InChI=1S/C23H26ClFN4O2/c24-20-2-1-17(25)11-19(20)21-3-4-22(28-27-21)26-18-9-15-12-29(13-16(15)10-18)23(30)14-5-7-31-8-6-14/h1-4,11,14-16,18H,5-10,12-13H2,(H,26,28)/t15-,16?,18+/m1/s1. The molecule has 2 saturated heterocycles. The van der Waals surface area contributed by atoms with Crippen molar-refractivity contribution < 1.29 is 13.9 Å². The molecule has 164 valence electrons. The smallest absolute Gasteiger partial charge is 0.225 e. The second kappa shape index (κ2) is 8.71. The van der Waals surface area contributed by atoms with Crippen molar-refractivity contribution in [3.05, 3.63) is 41.2 Å². The molecule has 6 nitrogen and oxygen atoms in total. The quantitative estimate of drug-likeness (QED) is 0.771. The summed E-state index contributed by atoms with van der Waals surface area (Å²) in [6.07, 6.45) is 3.76. The molecule has 1 amide bonds. The van der Waals surface area contributed by atoms with Crippen LogP contribution in [0.1, 0.15) is 25.7 Å². The highest BCUT2D eigenvalue weighted by Gasteiger charge is 2.43. The topological polar surface area (TPSA) is 67.3 Å². The SMILES string of the molecule is O=C(C1CCOCC1)N1CC2C[C@@H](Nc3ccc(-c4cc(F)ccc4Cl)nn3)C[C@@H]2C1. The highest BCUT2D eigenvalue weighted by molar-refractivity contribution is 6.33. The third-order valence-corrected chi connectivity index (χ3v) is 7.18. The van der Waals surface area contributed by atoms with Crippen LogP contribution in [0.3, 0.4) is 0 Å². The molecule has 3 atom stereocenters. The van der Waals surface area contributed by atoms with Gasteiger partial charge in [0.2, 0.25) is 5.91 Å². The minimum atomic E-state index is -0.356. The van der Waals surface area contributed by atoms with Crippen LogP contribution in [0.15, 0.2) is 30.3 Å². The lowest BCUT2D eigenvalue weighted by molar-refractivity contribution is -0.137. The van der Waals surface area contributed by atoms with Crippen LogP contribution < -0.4 is 5.32 Å². The summed E-state index contributed by atoms with van der Waals surface area (Å²) in [6, 6.07) is 8.20. The van der Waals surface area contributed by atoms with Gasteiger partial charge in [-0.15, -0.1) is 10.2 Å². The number of amides is 1. The molecule has 5 rings (SSSR count). The number of benzene rings is 1. The molecule has 1 saturated carbocycles. The van der Waals surface area contributed by atoms with Crippen molar-refractivity contribution in [2.24, 2.45) is 17.8 Å². The zero-order chi connectivity index (χ0) is 21.4. The summed E-state index contributed by atoms with van der Waals surface area (Å²) in [7, 11) is 0. The number of nitrogens with zero attached hydrogens (tertiary/aromatic N) is 3. The van der Waals surface area contributed by atoms with Gasteiger partial charge < -0.3 is 15.0 Å². The first kappa shape index (κ1) is 20.6. The van der Waals surface area contributed by atoms with Crippen molar-refractivity contribution in [1.29, 1.82) is 0 Å². The molecule has 1 aromatic carbocycles. The third kappa shape index (κ3) is 4.39. The maximum atomic E-state index is 13.5. The van der Waals surface area contributed by atoms with Gasteiger partial charge in [-0.1, -0.05) is 11.6 Å². The molecule has 1 aliphatic carbocycles. The van der Waals surface area contributed by atoms with E-state index in [1.807, 2.05) is 6.07 Å². The molecule has 3 heterocycles. The Balaban J connectivity index is 1.16. The van der Waals surface area contributed by atoms with E-state index in [9.17, 15) is 9.18 Å². The van der Waals surface area contributed by atoms with Gasteiger partial charge in [0.25, 0.3) is 0 Å². The Morgan fingerprint density at radius 3 is 2.52 bits per heavy atom. The maximum absolute atomic E-state index is 13.5. The highest BCUT2D eigenvalue weighted by Crippen LogP contribution is 2.40. The number of carbonyl (C=O) groups excluding carboxylic acids is 1. The molecule has 2 aromatic rings. The van der Waals surface area contributed by atoms with E-state index < -0.39 is 0 Å². The summed E-state index contributed by atoms with van der Waals surface area (Å²) in [6.45, 7) is 3.13. The van der Waals surface area contributed by atoms with Crippen molar-refractivity contribution in [2.75, 3.05) is 31.6 Å². The van der Waals surface area contributed by atoms with E-state index in [-0.39, 0.29) is 11.7 Å². The molecule has 0 radical (unpaired) electrons. The van der Waals surface area contributed by atoms with Crippen LogP contribution in [-0.2, 0) is 9.53 Å². The van der Waals surface area contributed by atoms with E-state index in [1.54, 1.807) is 6.07 Å². The first-order valence-electron chi connectivity index (χ1n) is 11.0. The van der Waals surface area contributed by atoms with Crippen molar-refractivity contribution in [2.45, 2.75) is 31.7 Å². The number of halogens is 2. The number of nitrogens with one attached hydrogen (secondary N) is 1. The van der Waals surface area contributed by atoms with Crippen LogP contribution in [-0.4, -0.2) is 53.3 Å². The Morgan fingerprint density at radius 2 is 1.84 bits per heavy atom. The average molecular weight is 445 g/mol. The van der Waals surface area contributed by atoms with Crippen LogP contribution in [0.4, 0.5) is 10.2 Å². The summed E-state index contributed by atoms with van der Waals surface area (Å²) in [5.74, 6) is 1.89. The predicted molar refractivity (Wildman–Crippen MR) is 116 cm³/mol. The highest BCUT2D eigenvalue weighted by atomic mass is 35.5. The van der Waals surface area contributed by atoms with E-state index >= 15 is 0 Å². The van der Waals surface area contributed by atoms with Gasteiger partial charge in [-0.2, -0.15) is 0 Å². The molecule has 1 aromatic heterocycles. The first-order valence-corrected chi connectivity index (χ1v) is 11.4. The van der Waals surface area contributed by atoms with Gasteiger partial charge in [-0.05, 0) is 67.9 Å². The van der Waals surface area contributed by atoms with Crippen molar-refractivity contribution >= 4 is 23.3 Å². The van der Waals surface area contributed by atoms with E-state index in [0.717, 1.165) is 38.8 Å². The first-order chi connectivity index (χ1) is 15.1. The van der Waals surface area contributed by atoms with Gasteiger partial charge in [0.15, 0.2) is 0 Å². The second-order valence-electron chi connectivity index (χ2n) is 8.89.